The van der Waals surface area contributed by atoms with Crippen LogP contribution < -0.4 is 5.32 Å². The number of hydrogen-bond donors (Lipinski definition) is 1. The molecule has 0 aromatic carbocycles. The van der Waals surface area contributed by atoms with Gasteiger partial charge in [-0.15, -0.1) is 0 Å². The van der Waals surface area contributed by atoms with Gasteiger partial charge >= 0.3 is 0 Å². The fourth-order valence-electron chi connectivity index (χ4n) is 2.40. The Bertz CT molecular complexity index is 153. The van der Waals surface area contributed by atoms with Gasteiger partial charge in [-0.3, -0.25) is 0 Å². The topological polar surface area (TPSA) is 24.5 Å². The maximum absolute atomic E-state index is 5.11. The van der Waals surface area contributed by atoms with Gasteiger partial charge in [0.15, 0.2) is 0 Å². The number of methoxy groups -OCH3 is 1. The second-order valence-corrected chi connectivity index (χ2v) is 4.42. The van der Waals surface area contributed by atoms with E-state index in [0.717, 1.165) is 19.2 Å². The van der Waals surface area contributed by atoms with Crippen molar-refractivity contribution >= 4 is 0 Å². The summed E-state index contributed by atoms with van der Waals surface area (Å²) in [6.07, 6.45) is 6.64. The first-order chi connectivity index (χ1) is 7.38. The molecule has 0 saturated carbocycles. The van der Waals surface area contributed by atoms with Crippen LogP contribution in [0.15, 0.2) is 0 Å². The molecule has 0 spiro atoms. The summed E-state index contributed by atoms with van der Waals surface area (Å²) >= 11 is 0. The maximum Gasteiger partial charge on any atom is 0.0474 e. The van der Waals surface area contributed by atoms with E-state index in [9.17, 15) is 0 Å². The van der Waals surface area contributed by atoms with E-state index in [1.807, 2.05) is 7.05 Å². The lowest BCUT2D eigenvalue weighted by molar-refractivity contribution is 0.117. The SMILES string of the molecule is CNCCC1CCCCN1CCCOC. The Morgan fingerprint density at radius 3 is 3.00 bits per heavy atom. The van der Waals surface area contributed by atoms with Gasteiger partial charge < -0.3 is 15.0 Å². The highest BCUT2D eigenvalue weighted by molar-refractivity contribution is 4.77. The molecule has 15 heavy (non-hydrogen) atoms. The Labute approximate surface area is 94.2 Å². The summed E-state index contributed by atoms with van der Waals surface area (Å²) in [5.41, 5.74) is 0. The fraction of sp³-hybridized carbons (Fsp3) is 1.00. The maximum atomic E-state index is 5.11. The lowest BCUT2D eigenvalue weighted by atomic mass is 9.99. The van der Waals surface area contributed by atoms with Crippen molar-refractivity contribution in [2.75, 3.05) is 40.4 Å². The van der Waals surface area contributed by atoms with Gasteiger partial charge in [-0.05, 0) is 45.8 Å². The number of nitrogens with zero attached hydrogens (tertiary/aromatic N) is 1. The van der Waals surface area contributed by atoms with Gasteiger partial charge in [0.1, 0.15) is 0 Å². The summed E-state index contributed by atoms with van der Waals surface area (Å²) in [4.78, 5) is 2.65. The summed E-state index contributed by atoms with van der Waals surface area (Å²) in [5, 5.41) is 3.25. The largest absolute Gasteiger partial charge is 0.385 e. The van der Waals surface area contributed by atoms with E-state index in [4.69, 9.17) is 4.74 Å². The van der Waals surface area contributed by atoms with Gasteiger partial charge in [-0.2, -0.15) is 0 Å². The van der Waals surface area contributed by atoms with Crippen LogP contribution >= 0.6 is 0 Å². The minimum atomic E-state index is 0.808. The third kappa shape index (κ3) is 4.96. The van der Waals surface area contributed by atoms with Gasteiger partial charge in [0, 0.05) is 26.3 Å². The molecule has 1 saturated heterocycles. The van der Waals surface area contributed by atoms with E-state index in [1.165, 1.54) is 45.2 Å². The summed E-state index contributed by atoms with van der Waals surface area (Å²) < 4.78 is 5.11. The van der Waals surface area contributed by atoms with Crippen LogP contribution in [-0.4, -0.2) is 51.3 Å². The minimum absolute atomic E-state index is 0.808. The zero-order valence-electron chi connectivity index (χ0n) is 10.3. The Morgan fingerprint density at radius 2 is 2.27 bits per heavy atom. The average molecular weight is 214 g/mol. The van der Waals surface area contributed by atoms with Crippen LogP contribution in [0.5, 0.6) is 0 Å². The molecule has 1 heterocycles. The molecule has 90 valence electrons. The Hall–Kier alpha value is -0.120. The third-order valence-electron chi connectivity index (χ3n) is 3.27. The summed E-state index contributed by atoms with van der Waals surface area (Å²) in [7, 11) is 3.83. The van der Waals surface area contributed by atoms with E-state index in [0.29, 0.717) is 0 Å². The first-order valence-corrected chi connectivity index (χ1v) is 6.26. The highest BCUT2D eigenvalue weighted by Crippen LogP contribution is 2.19. The second-order valence-electron chi connectivity index (χ2n) is 4.42. The molecule has 0 aromatic heterocycles. The number of likely N-dealkylation sites (tertiary alicyclic amines) is 1. The van der Waals surface area contributed by atoms with Gasteiger partial charge in [0.25, 0.3) is 0 Å². The Morgan fingerprint density at radius 1 is 1.40 bits per heavy atom. The molecule has 1 rings (SSSR count). The van der Waals surface area contributed by atoms with E-state index in [2.05, 4.69) is 10.2 Å². The van der Waals surface area contributed by atoms with Gasteiger partial charge in [-0.1, -0.05) is 6.42 Å². The lowest BCUT2D eigenvalue weighted by Crippen LogP contribution is -2.41. The highest BCUT2D eigenvalue weighted by Gasteiger charge is 2.20. The lowest BCUT2D eigenvalue weighted by Gasteiger charge is -2.35. The van der Waals surface area contributed by atoms with Crippen molar-refractivity contribution in [2.45, 2.75) is 38.1 Å². The van der Waals surface area contributed by atoms with Crippen LogP contribution in [0, 0.1) is 0 Å². The van der Waals surface area contributed by atoms with Gasteiger partial charge in [-0.25, -0.2) is 0 Å². The number of hydrogen-bond acceptors (Lipinski definition) is 3. The molecule has 1 fully saturated rings. The molecule has 1 aliphatic rings. The van der Waals surface area contributed by atoms with Crippen LogP contribution in [0.3, 0.4) is 0 Å². The van der Waals surface area contributed by atoms with E-state index < -0.39 is 0 Å². The summed E-state index contributed by atoms with van der Waals surface area (Å²) in [6, 6.07) is 0.808. The van der Waals surface area contributed by atoms with Crippen molar-refractivity contribution < 1.29 is 4.74 Å². The Kier molecular flexibility index (Phi) is 6.98. The third-order valence-corrected chi connectivity index (χ3v) is 3.27. The molecule has 0 bridgehead atoms. The van der Waals surface area contributed by atoms with E-state index >= 15 is 0 Å². The zero-order chi connectivity index (χ0) is 10.9. The number of nitrogens with one attached hydrogen (secondary N) is 1. The molecule has 0 radical (unpaired) electrons. The molecule has 1 aliphatic heterocycles. The van der Waals surface area contributed by atoms with Crippen molar-refractivity contribution in [1.29, 1.82) is 0 Å². The van der Waals surface area contributed by atoms with Crippen molar-refractivity contribution in [2.24, 2.45) is 0 Å². The molecular weight excluding hydrogens is 188 g/mol. The normalized spacial score (nSPS) is 23.2. The van der Waals surface area contributed by atoms with Crippen LogP contribution in [0.4, 0.5) is 0 Å². The van der Waals surface area contributed by atoms with E-state index in [1.54, 1.807) is 7.11 Å². The molecule has 0 amide bonds. The monoisotopic (exact) mass is 214 g/mol. The summed E-state index contributed by atoms with van der Waals surface area (Å²) in [6.45, 7) is 4.54. The van der Waals surface area contributed by atoms with Crippen molar-refractivity contribution in [1.82, 2.24) is 10.2 Å². The van der Waals surface area contributed by atoms with Crippen LogP contribution in [0.1, 0.15) is 32.1 Å². The minimum Gasteiger partial charge on any atom is -0.385 e. The molecule has 3 nitrogen and oxygen atoms in total. The van der Waals surface area contributed by atoms with Crippen molar-refractivity contribution in [3.05, 3.63) is 0 Å². The first-order valence-electron chi connectivity index (χ1n) is 6.26. The van der Waals surface area contributed by atoms with Crippen molar-refractivity contribution in [3.63, 3.8) is 0 Å². The smallest absolute Gasteiger partial charge is 0.0474 e. The van der Waals surface area contributed by atoms with Crippen molar-refractivity contribution in [3.8, 4) is 0 Å². The average Bonchev–Trinajstić information content (AvgIpc) is 2.28. The summed E-state index contributed by atoms with van der Waals surface area (Å²) in [5.74, 6) is 0. The predicted octanol–water partition coefficient (Wildman–Crippen LogP) is 1.49. The van der Waals surface area contributed by atoms with Crippen LogP contribution in [0.2, 0.25) is 0 Å². The molecule has 0 aliphatic carbocycles. The first kappa shape index (κ1) is 12.9. The number of rotatable bonds is 7. The molecular formula is C12H26N2O. The predicted molar refractivity (Wildman–Crippen MR) is 64.2 cm³/mol. The zero-order valence-corrected chi connectivity index (χ0v) is 10.3. The second kappa shape index (κ2) is 8.08. The molecule has 3 heteroatoms. The fourth-order valence-corrected chi connectivity index (χ4v) is 2.40. The standard InChI is InChI=1S/C12H26N2O/c1-13-8-7-12-6-3-4-9-14(12)10-5-11-15-2/h12-13H,3-11H2,1-2H3. The number of ether oxygens (including phenoxy) is 1. The van der Waals surface area contributed by atoms with Gasteiger partial charge in [0.2, 0.25) is 0 Å². The molecule has 1 atom stereocenters. The quantitative estimate of drug-likeness (QED) is 0.650. The van der Waals surface area contributed by atoms with E-state index in [-0.39, 0.29) is 0 Å². The molecule has 0 aromatic rings. The van der Waals surface area contributed by atoms with Crippen LogP contribution in [-0.2, 0) is 4.74 Å². The molecule has 1 unspecified atom stereocenters. The van der Waals surface area contributed by atoms with Gasteiger partial charge in [0.05, 0.1) is 0 Å². The van der Waals surface area contributed by atoms with Crippen LogP contribution in [0.25, 0.3) is 0 Å². The highest BCUT2D eigenvalue weighted by atomic mass is 16.5. The Balaban J connectivity index is 2.22. The number of piperidine rings is 1. The molecule has 1 N–H and O–H groups in total.